The quantitative estimate of drug-likeness (QED) is 0.878. The Labute approximate surface area is 125 Å². The van der Waals surface area contributed by atoms with Crippen LogP contribution in [0.2, 0.25) is 10.0 Å². The van der Waals surface area contributed by atoms with E-state index in [1.165, 1.54) is 31.6 Å². The number of aromatic hydroxyl groups is 1. The molecule has 0 spiro atoms. The van der Waals surface area contributed by atoms with Gasteiger partial charge in [-0.3, -0.25) is 9.78 Å². The van der Waals surface area contributed by atoms with E-state index in [4.69, 9.17) is 27.9 Å². The van der Waals surface area contributed by atoms with Gasteiger partial charge < -0.3 is 9.84 Å². The smallest absolute Gasteiger partial charge is 0.171 e. The molecule has 1 heterocycles. The molecule has 6 heteroatoms. The van der Waals surface area contributed by atoms with Crippen molar-refractivity contribution in [1.29, 1.82) is 0 Å². The number of pyridine rings is 1. The summed E-state index contributed by atoms with van der Waals surface area (Å²) < 4.78 is 4.96. The summed E-state index contributed by atoms with van der Waals surface area (Å²) in [6, 6.07) is 4.48. The zero-order valence-electron chi connectivity index (χ0n) is 10.6. The third kappa shape index (κ3) is 3.03. The number of phenols is 1. The Bertz CT molecular complexity index is 639. The Morgan fingerprint density at radius 2 is 1.95 bits per heavy atom. The van der Waals surface area contributed by atoms with Crippen LogP contribution >= 0.6 is 23.2 Å². The fourth-order valence-electron chi connectivity index (χ4n) is 1.74. The van der Waals surface area contributed by atoms with Gasteiger partial charge in [0.2, 0.25) is 0 Å². The molecular weight excluding hydrogens is 301 g/mol. The maximum atomic E-state index is 12.2. The van der Waals surface area contributed by atoms with Crippen LogP contribution in [-0.4, -0.2) is 23.0 Å². The van der Waals surface area contributed by atoms with E-state index in [0.29, 0.717) is 21.4 Å². The van der Waals surface area contributed by atoms with E-state index < -0.39 is 0 Å². The summed E-state index contributed by atoms with van der Waals surface area (Å²) in [5, 5.41) is 10.5. The number of carbonyl (C=O) groups excluding carboxylic acids is 1. The molecule has 0 fully saturated rings. The predicted molar refractivity (Wildman–Crippen MR) is 77.0 cm³/mol. The van der Waals surface area contributed by atoms with Crippen molar-refractivity contribution in [2.24, 2.45) is 0 Å². The number of methoxy groups -OCH3 is 1. The number of Topliss-reactive ketones (excluding diaryl/α,β-unsaturated/α-hetero) is 1. The first-order valence-corrected chi connectivity index (χ1v) is 6.46. The van der Waals surface area contributed by atoms with Crippen LogP contribution in [0.4, 0.5) is 0 Å². The Morgan fingerprint density at radius 3 is 2.50 bits per heavy atom. The predicted octanol–water partition coefficient (Wildman–Crippen LogP) is 3.53. The maximum Gasteiger partial charge on any atom is 0.171 e. The van der Waals surface area contributed by atoms with Gasteiger partial charge in [-0.05, 0) is 12.1 Å². The van der Waals surface area contributed by atoms with E-state index in [-0.39, 0.29) is 23.5 Å². The standard InChI is InChI=1S/C14H11Cl2NO3/c1-20-8-2-3-9(13(18)4-8)14(19)5-10-11(15)6-17-7-12(10)16/h2-4,6-7,18H,5H2,1H3. The van der Waals surface area contributed by atoms with E-state index in [9.17, 15) is 9.90 Å². The molecule has 1 N–H and O–H groups in total. The first kappa shape index (κ1) is 14.6. The summed E-state index contributed by atoms with van der Waals surface area (Å²) >= 11 is 11.9. The van der Waals surface area contributed by atoms with Crippen LogP contribution in [0.15, 0.2) is 30.6 Å². The molecule has 0 atom stereocenters. The number of carbonyl (C=O) groups is 1. The number of ether oxygens (including phenoxy) is 1. The summed E-state index contributed by atoms with van der Waals surface area (Å²) in [5.74, 6) is 0.0369. The Hall–Kier alpha value is -1.78. The fourth-order valence-corrected chi connectivity index (χ4v) is 2.24. The minimum atomic E-state index is -0.292. The molecule has 0 unspecified atom stereocenters. The highest BCUT2D eigenvalue weighted by Crippen LogP contribution is 2.28. The number of halogens is 2. The highest BCUT2D eigenvalue weighted by atomic mass is 35.5. The molecule has 0 radical (unpaired) electrons. The molecule has 0 aliphatic carbocycles. The number of nitrogens with zero attached hydrogens (tertiary/aromatic N) is 1. The van der Waals surface area contributed by atoms with Crippen LogP contribution in [0.25, 0.3) is 0 Å². The molecule has 1 aromatic carbocycles. The molecule has 0 aliphatic heterocycles. The van der Waals surface area contributed by atoms with Gasteiger partial charge in [-0.2, -0.15) is 0 Å². The molecule has 0 saturated heterocycles. The number of benzene rings is 1. The number of ketones is 1. The molecule has 4 nitrogen and oxygen atoms in total. The summed E-state index contributed by atoms with van der Waals surface area (Å²) in [7, 11) is 1.48. The number of aromatic nitrogens is 1. The van der Waals surface area contributed by atoms with Crippen molar-refractivity contribution in [3.05, 3.63) is 51.8 Å². The normalized spacial score (nSPS) is 10.3. The van der Waals surface area contributed by atoms with E-state index in [1.54, 1.807) is 6.07 Å². The van der Waals surface area contributed by atoms with Crippen molar-refractivity contribution in [1.82, 2.24) is 4.98 Å². The minimum absolute atomic E-state index is 0.0138. The van der Waals surface area contributed by atoms with Crippen molar-refractivity contribution >= 4 is 29.0 Å². The van der Waals surface area contributed by atoms with Gasteiger partial charge in [0, 0.05) is 30.4 Å². The summed E-state index contributed by atoms with van der Waals surface area (Å²) in [5.41, 5.74) is 0.679. The van der Waals surface area contributed by atoms with Crippen LogP contribution in [-0.2, 0) is 6.42 Å². The Balaban J connectivity index is 2.29. The van der Waals surface area contributed by atoms with Gasteiger partial charge in [-0.25, -0.2) is 0 Å². The number of rotatable bonds is 4. The SMILES string of the molecule is COc1ccc(C(=O)Cc2c(Cl)cncc2Cl)c(O)c1. The van der Waals surface area contributed by atoms with E-state index in [2.05, 4.69) is 4.98 Å². The average molecular weight is 312 g/mol. The second-order valence-electron chi connectivity index (χ2n) is 4.06. The molecule has 2 rings (SSSR count). The van der Waals surface area contributed by atoms with E-state index in [0.717, 1.165) is 0 Å². The van der Waals surface area contributed by atoms with Gasteiger partial charge >= 0.3 is 0 Å². The molecule has 20 heavy (non-hydrogen) atoms. The third-order valence-corrected chi connectivity index (χ3v) is 3.45. The van der Waals surface area contributed by atoms with Gasteiger partial charge in [0.1, 0.15) is 11.5 Å². The number of hydrogen-bond acceptors (Lipinski definition) is 4. The lowest BCUT2D eigenvalue weighted by atomic mass is 10.0. The van der Waals surface area contributed by atoms with Crippen LogP contribution in [0.1, 0.15) is 15.9 Å². The number of hydrogen-bond donors (Lipinski definition) is 1. The van der Waals surface area contributed by atoms with Gasteiger partial charge in [0.05, 0.1) is 22.7 Å². The van der Waals surface area contributed by atoms with Crippen LogP contribution in [0, 0.1) is 0 Å². The van der Waals surface area contributed by atoms with Crippen LogP contribution < -0.4 is 4.74 Å². The van der Waals surface area contributed by atoms with Crippen molar-refractivity contribution < 1.29 is 14.6 Å². The summed E-state index contributed by atoms with van der Waals surface area (Å²) in [4.78, 5) is 16.0. The van der Waals surface area contributed by atoms with Gasteiger partial charge in [0.15, 0.2) is 5.78 Å². The molecule has 0 bridgehead atoms. The second-order valence-corrected chi connectivity index (χ2v) is 4.88. The molecule has 0 saturated carbocycles. The second kappa shape index (κ2) is 6.11. The summed E-state index contributed by atoms with van der Waals surface area (Å²) in [6.07, 6.45) is 2.83. The molecule has 1 aromatic heterocycles. The highest BCUT2D eigenvalue weighted by molar-refractivity contribution is 6.36. The largest absolute Gasteiger partial charge is 0.507 e. The lowest BCUT2D eigenvalue weighted by Gasteiger charge is -2.08. The third-order valence-electron chi connectivity index (χ3n) is 2.79. The van der Waals surface area contributed by atoms with Gasteiger partial charge in [0.25, 0.3) is 0 Å². The van der Waals surface area contributed by atoms with Crippen LogP contribution in [0.3, 0.4) is 0 Å². The summed E-state index contributed by atoms with van der Waals surface area (Å²) in [6.45, 7) is 0. The van der Waals surface area contributed by atoms with Gasteiger partial charge in [-0.15, -0.1) is 0 Å². The zero-order valence-corrected chi connectivity index (χ0v) is 12.1. The van der Waals surface area contributed by atoms with Crippen molar-refractivity contribution in [2.45, 2.75) is 6.42 Å². The molecule has 104 valence electrons. The first-order valence-electron chi connectivity index (χ1n) is 5.71. The first-order chi connectivity index (χ1) is 9.52. The molecular formula is C14H11Cl2NO3. The van der Waals surface area contributed by atoms with Crippen molar-refractivity contribution in [3.8, 4) is 11.5 Å². The Morgan fingerprint density at radius 1 is 1.30 bits per heavy atom. The fraction of sp³-hybridized carbons (Fsp3) is 0.143. The molecule has 0 aliphatic rings. The topological polar surface area (TPSA) is 59.4 Å². The van der Waals surface area contributed by atoms with Crippen molar-refractivity contribution in [2.75, 3.05) is 7.11 Å². The highest BCUT2D eigenvalue weighted by Gasteiger charge is 2.16. The van der Waals surface area contributed by atoms with Crippen molar-refractivity contribution in [3.63, 3.8) is 0 Å². The van der Waals surface area contributed by atoms with E-state index >= 15 is 0 Å². The van der Waals surface area contributed by atoms with E-state index in [1.807, 2.05) is 0 Å². The average Bonchev–Trinajstić information content (AvgIpc) is 2.42. The molecule has 0 amide bonds. The maximum absolute atomic E-state index is 12.2. The molecule has 2 aromatic rings. The minimum Gasteiger partial charge on any atom is -0.507 e. The van der Waals surface area contributed by atoms with Crippen LogP contribution in [0.5, 0.6) is 11.5 Å². The lowest BCUT2D eigenvalue weighted by Crippen LogP contribution is -2.05. The number of phenolic OH excluding ortho intramolecular Hbond substituents is 1. The monoisotopic (exact) mass is 311 g/mol. The Kier molecular flexibility index (Phi) is 4.47. The zero-order chi connectivity index (χ0) is 14.7. The van der Waals surface area contributed by atoms with Gasteiger partial charge in [-0.1, -0.05) is 23.2 Å². The lowest BCUT2D eigenvalue weighted by molar-refractivity contribution is 0.0990.